The highest BCUT2D eigenvalue weighted by Crippen LogP contribution is 2.25. The van der Waals surface area contributed by atoms with E-state index in [9.17, 15) is 4.39 Å². The third-order valence-electron chi connectivity index (χ3n) is 6.13. The van der Waals surface area contributed by atoms with Crippen LogP contribution in [-0.4, -0.2) is 42.4 Å². The largest absolute Gasteiger partial charge is 0.488 e. The molecule has 7 nitrogen and oxygen atoms in total. The van der Waals surface area contributed by atoms with Gasteiger partial charge < -0.3 is 14.5 Å². The fourth-order valence-corrected chi connectivity index (χ4v) is 4.27. The van der Waals surface area contributed by atoms with Crippen molar-refractivity contribution in [3.8, 4) is 5.75 Å². The summed E-state index contributed by atoms with van der Waals surface area (Å²) in [5, 5.41) is 4.44. The van der Waals surface area contributed by atoms with Gasteiger partial charge in [0, 0.05) is 37.8 Å². The zero-order valence-electron chi connectivity index (χ0n) is 19.2. The van der Waals surface area contributed by atoms with Crippen LogP contribution in [0.2, 0.25) is 0 Å². The number of hydrogen-bond donors (Lipinski definition) is 1. The predicted octanol–water partition coefficient (Wildman–Crippen LogP) is 4.84. The Hall–Kier alpha value is -3.68. The zero-order chi connectivity index (χ0) is 23.2. The van der Waals surface area contributed by atoms with Crippen LogP contribution in [0.1, 0.15) is 36.8 Å². The van der Waals surface area contributed by atoms with Gasteiger partial charge in [-0.25, -0.2) is 4.39 Å². The highest BCUT2D eigenvalue weighted by molar-refractivity contribution is 5.84. The molecule has 2 saturated heterocycles. The van der Waals surface area contributed by atoms with Gasteiger partial charge in [0.1, 0.15) is 24.0 Å². The molecule has 34 heavy (non-hydrogen) atoms. The summed E-state index contributed by atoms with van der Waals surface area (Å²) >= 11 is 0. The summed E-state index contributed by atoms with van der Waals surface area (Å²) in [5.74, 6) is 2.85. The maximum absolute atomic E-state index is 13.1. The number of para-hydroxylation sites is 1. The minimum Gasteiger partial charge on any atom is -0.488 e. The summed E-state index contributed by atoms with van der Waals surface area (Å²) < 4.78 is 19.1. The summed E-state index contributed by atoms with van der Waals surface area (Å²) in [6.45, 7) is 4.38. The van der Waals surface area contributed by atoms with Gasteiger partial charge >= 0.3 is 0 Å². The molecule has 2 fully saturated rings. The predicted molar refractivity (Wildman–Crippen MR) is 133 cm³/mol. The second-order valence-corrected chi connectivity index (χ2v) is 8.62. The topological polar surface area (TPSA) is 65.9 Å². The fraction of sp³-hybridized carbons (Fsp3) is 0.346. The van der Waals surface area contributed by atoms with Gasteiger partial charge in [-0.3, -0.25) is 5.43 Å². The molecule has 8 heteroatoms. The molecule has 3 aromatic rings. The van der Waals surface area contributed by atoms with E-state index < -0.39 is 0 Å². The Bertz CT molecular complexity index is 1090. The molecular weight excluding hydrogens is 431 g/mol. The summed E-state index contributed by atoms with van der Waals surface area (Å²) in [6.07, 6.45) is 6.46. The summed E-state index contributed by atoms with van der Waals surface area (Å²) in [7, 11) is 0. The number of hydrazone groups is 1. The van der Waals surface area contributed by atoms with E-state index in [1.807, 2.05) is 30.3 Å². The fourth-order valence-electron chi connectivity index (χ4n) is 4.27. The molecule has 0 spiro atoms. The Kier molecular flexibility index (Phi) is 6.84. The van der Waals surface area contributed by atoms with E-state index in [4.69, 9.17) is 14.7 Å². The van der Waals surface area contributed by atoms with Crippen LogP contribution in [0.15, 0.2) is 59.7 Å². The maximum atomic E-state index is 13.1. The van der Waals surface area contributed by atoms with Gasteiger partial charge in [-0.1, -0.05) is 24.3 Å². The van der Waals surface area contributed by atoms with Crippen LogP contribution in [-0.2, 0) is 6.61 Å². The Labute approximate surface area is 199 Å². The molecule has 0 amide bonds. The minimum atomic E-state index is -0.257. The normalized spacial score (nSPS) is 15.9. The van der Waals surface area contributed by atoms with Crippen molar-refractivity contribution in [3.05, 3.63) is 71.5 Å². The summed E-state index contributed by atoms with van der Waals surface area (Å²) in [5.41, 5.74) is 4.83. The van der Waals surface area contributed by atoms with E-state index in [0.717, 1.165) is 49.1 Å². The van der Waals surface area contributed by atoms with E-state index in [2.05, 4.69) is 20.3 Å². The van der Waals surface area contributed by atoms with E-state index in [-0.39, 0.29) is 5.82 Å². The van der Waals surface area contributed by atoms with Gasteiger partial charge in [0.25, 0.3) is 0 Å². The lowest BCUT2D eigenvalue weighted by atomic mass is 10.2. The monoisotopic (exact) mass is 460 g/mol. The third-order valence-corrected chi connectivity index (χ3v) is 6.13. The Balaban J connectivity index is 1.30. The van der Waals surface area contributed by atoms with Crippen molar-refractivity contribution < 1.29 is 9.13 Å². The van der Waals surface area contributed by atoms with Crippen LogP contribution in [0, 0.1) is 5.82 Å². The number of rotatable bonds is 8. The van der Waals surface area contributed by atoms with E-state index in [1.54, 1.807) is 18.3 Å². The molecule has 0 radical (unpaired) electrons. The van der Waals surface area contributed by atoms with Gasteiger partial charge in [-0.05, 0) is 55.5 Å². The van der Waals surface area contributed by atoms with Crippen LogP contribution in [0.3, 0.4) is 0 Å². The Morgan fingerprint density at radius 2 is 1.62 bits per heavy atom. The van der Waals surface area contributed by atoms with Crippen LogP contribution in [0.5, 0.6) is 5.75 Å². The summed E-state index contributed by atoms with van der Waals surface area (Å²) in [6, 6.07) is 16.0. The minimum absolute atomic E-state index is 0.257. The molecule has 2 aromatic carbocycles. The zero-order valence-corrected chi connectivity index (χ0v) is 19.2. The van der Waals surface area contributed by atoms with Crippen molar-refractivity contribution in [2.75, 3.05) is 41.4 Å². The number of nitrogens with one attached hydrogen (secondary N) is 1. The lowest BCUT2D eigenvalue weighted by molar-refractivity contribution is 0.305. The molecule has 0 atom stereocenters. The maximum Gasteiger partial charge on any atom is 0.229 e. The number of ether oxygens (including phenoxy) is 1. The number of anilines is 3. The molecule has 2 aliphatic rings. The smallest absolute Gasteiger partial charge is 0.229 e. The number of nitrogens with zero attached hydrogens (tertiary/aromatic N) is 5. The second kappa shape index (κ2) is 10.5. The number of benzene rings is 2. The third kappa shape index (κ3) is 5.44. The van der Waals surface area contributed by atoms with Crippen molar-refractivity contribution in [2.24, 2.45) is 5.10 Å². The van der Waals surface area contributed by atoms with Crippen molar-refractivity contribution in [1.29, 1.82) is 0 Å². The molecule has 0 bridgehead atoms. The molecule has 1 aromatic heterocycles. The average molecular weight is 461 g/mol. The highest BCUT2D eigenvalue weighted by atomic mass is 19.1. The van der Waals surface area contributed by atoms with Crippen LogP contribution >= 0.6 is 0 Å². The van der Waals surface area contributed by atoms with Crippen LogP contribution in [0.4, 0.5) is 22.0 Å². The first-order valence-electron chi connectivity index (χ1n) is 11.9. The van der Waals surface area contributed by atoms with Crippen molar-refractivity contribution in [2.45, 2.75) is 32.3 Å². The molecule has 176 valence electrons. The van der Waals surface area contributed by atoms with Crippen LogP contribution < -0.4 is 20.0 Å². The first kappa shape index (κ1) is 22.1. The molecule has 0 saturated carbocycles. The van der Waals surface area contributed by atoms with Crippen molar-refractivity contribution >= 4 is 23.8 Å². The second-order valence-electron chi connectivity index (χ2n) is 8.62. The first-order valence-corrected chi connectivity index (χ1v) is 11.9. The van der Waals surface area contributed by atoms with Crippen molar-refractivity contribution in [1.82, 2.24) is 9.97 Å². The average Bonchev–Trinajstić information content (AvgIpc) is 3.59. The van der Waals surface area contributed by atoms with Gasteiger partial charge in [0.2, 0.25) is 5.95 Å². The van der Waals surface area contributed by atoms with E-state index >= 15 is 0 Å². The van der Waals surface area contributed by atoms with Gasteiger partial charge in [-0.15, -0.1) is 0 Å². The lowest BCUT2D eigenvalue weighted by Crippen LogP contribution is -2.24. The molecule has 5 rings (SSSR count). The van der Waals surface area contributed by atoms with Gasteiger partial charge in [-0.2, -0.15) is 15.1 Å². The summed E-state index contributed by atoms with van der Waals surface area (Å²) in [4.78, 5) is 14.1. The van der Waals surface area contributed by atoms with Gasteiger partial charge in [0.15, 0.2) is 5.82 Å². The first-order chi connectivity index (χ1) is 16.7. The molecule has 0 aliphatic carbocycles. The highest BCUT2D eigenvalue weighted by Gasteiger charge is 2.20. The quantitative estimate of drug-likeness (QED) is 0.383. The molecular formula is C26H29FN6O. The number of hydrogen-bond acceptors (Lipinski definition) is 7. The molecule has 3 heterocycles. The SMILES string of the molecule is Fc1ccc(COc2ccccc2/C=N\Nc2cc(N3CCCC3)nc(N3CCCC3)n2)cc1. The van der Waals surface area contributed by atoms with Crippen molar-refractivity contribution in [3.63, 3.8) is 0 Å². The number of halogens is 1. The van der Waals surface area contributed by atoms with E-state index in [0.29, 0.717) is 18.2 Å². The molecule has 2 aliphatic heterocycles. The molecule has 1 N–H and O–H groups in total. The lowest BCUT2D eigenvalue weighted by Gasteiger charge is -2.21. The van der Waals surface area contributed by atoms with Crippen LogP contribution in [0.25, 0.3) is 0 Å². The Morgan fingerprint density at radius 1 is 0.912 bits per heavy atom. The standard InChI is InChI=1S/C26H29FN6O/c27-22-11-9-20(10-12-22)19-34-23-8-2-1-7-21(23)18-28-31-24-17-25(32-13-3-4-14-32)30-26(29-24)33-15-5-6-16-33/h1-2,7-12,17-18H,3-6,13-16,19H2,(H,29,30,31)/b28-18-. The Morgan fingerprint density at radius 3 is 2.38 bits per heavy atom. The van der Waals surface area contributed by atoms with Gasteiger partial charge in [0.05, 0.1) is 6.21 Å². The van der Waals surface area contributed by atoms with E-state index in [1.165, 1.54) is 37.8 Å². The molecule has 0 unspecified atom stereocenters. The number of aromatic nitrogens is 2.